The van der Waals surface area contributed by atoms with E-state index >= 15 is 0 Å². The van der Waals surface area contributed by atoms with Crippen molar-refractivity contribution in [2.45, 2.75) is 12.6 Å². The molecule has 0 unspecified atom stereocenters. The predicted octanol–water partition coefficient (Wildman–Crippen LogP) is 2.88. The fourth-order valence-electron chi connectivity index (χ4n) is 1.05. The molecule has 1 aromatic rings. The molecule has 9 heteroatoms. The lowest BCUT2D eigenvalue weighted by Crippen LogP contribution is -2.18. The number of carboxylic acids is 1. The van der Waals surface area contributed by atoms with Gasteiger partial charge in [-0.3, -0.25) is 0 Å². The molecule has 17 heavy (non-hydrogen) atoms. The summed E-state index contributed by atoms with van der Waals surface area (Å²) in [4.78, 5) is 12.8. The molecular formula is C8H3F6NO2. The zero-order valence-electron chi connectivity index (χ0n) is 7.73. The van der Waals surface area contributed by atoms with E-state index in [1.807, 2.05) is 0 Å². The van der Waals surface area contributed by atoms with Crippen molar-refractivity contribution in [1.82, 2.24) is 4.98 Å². The van der Waals surface area contributed by atoms with Crippen LogP contribution in [0.3, 0.4) is 0 Å². The van der Waals surface area contributed by atoms with Crippen LogP contribution in [0.25, 0.3) is 0 Å². The summed E-state index contributed by atoms with van der Waals surface area (Å²) in [5.74, 6) is -4.14. The monoisotopic (exact) mass is 259 g/mol. The maximum absolute atomic E-state index is 13.0. The third-order valence-electron chi connectivity index (χ3n) is 1.70. The van der Waals surface area contributed by atoms with Crippen molar-refractivity contribution in [3.05, 3.63) is 28.8 Å². The van der Waals surface area contributed by atoms with Gasteiger partial charge in [-0.2, -0.15) is 13.2 Å². The highest BCUT2D eigenvalue weighted by Gasteiger charge is 2.40. The van der Waals surface area contributed by atoms with Crippen LogP contribution in [0.5, 0.6) is 0 Å². The molecule has 0 atom stereocenters. The van der Waals surface area contributed by atoms with Gasteiger partial charge in [0.15, 0.2) is 5.69 Å². The fourth-order valence-corrected chi connectivity index (χ4v) is 1.05. The van der Waals surface area contributed by atoms with Crippen molar-refractivity contribution in [2.75, 3.05) is 0 Å². The second kappa shape index (κ2) is 4.22. The van der Waals surface area contributed by atoms with Crippen molar-refractivity contribution in [3.63, 3.8) is 0 Å². The molecule has 0 aromatic carbocycles. The van der Waals surface area contributed by atoms with Gasteiger partial charge in [-0.05, 0) is 0 Å². The van der Waals surface area contributed by atoms with Gasteiger partial charge in [-0.25, -0.2) is 22.9 Å². The van der Waals surface area contributed by atoms with Gasteiger partial charge in [0.1, 0.15) is 17.1 Å². The number of nitrogens with zero attached hydrogens (tertiary/aromatic N) is 1. The van der Waals surface area contributed by atoms with Crippen molar-refractivity contribution < 1.29 is 36.2 Å². The van der Waals surface area contributed by atoms with Crippen LogP contribution >= 0.6 is 0 Å². The molecule has 1 N–H and O–H groups in total. The van der Waals surface area contributed by atoms with Crippen LogP contribution in [0.2, 0.25) is 0 Å². The van der Waals surface area contributed by atoms with Crippen LogP contribution in [0.1, 0.15) is 28.2 Å². The highest BCUT2D eigenvalue weighted by molar-refractivity contribution is 5.89. The van der Waals surface area contributed by atoms with Crippen LogP contribution in [-0.2, 0) is 6.18 Å². The summed E-state index contributed by atoms with van der Waals surface area (Å²) in [7, 11) is 0. The molecule has 0 aliphatic rings. The number of aromatic carboxylic acids is 1. The van der Waals surface area contributed by atoms with Crippen molar-refractivity contribution in [1.29, 1.82) is 0 Å². The number of pyridine rings is 1. The summed E-state index contributed by atoms with van der Waals surface area (Å²) < 4.78 is 74.1. The second-order valence-corrected chi connectivity index (χ2v) is 2.86. The third-order valence-corrected chi connectivity index (χ3v) is 1.70. The van der Waals surface area contributed by atoms with Gasteiger partial charge in [-0.1, -0.05) is 0 Å². The summed E-state index contributed by atoms with van der Waals surface area (Å²) in [6.45, 7) is 0. The first-order valence-corrected chi connectivity index (χ1v) is 3.93. The molecule has 0 bridgehead atoms. The highest BCUT2D eigenvalue weighted by Crippen LogP contribution is 2.33. The zero-order valence-corrected chi connectivity index (χ0v) is 7.73. The molecule has 0 saturated carbocycles. The van der Waals surface area contributed by atoms with Gasteiger partial charge in [0, 0.05) is 6.07 Å². The van der Waals surface area contributed by atoms with Crippen molar-refractivity contribution in [2.24, 2.45) is 0 Å². The number of rotatable bonds is 2. The predicted molar refractivity (Wildman–Crippen MR) is 41.1 cm³/mol. The smallest absolute Gasteiger partial charge is 0.434 e. The van der Waals surface area contributed by atoms with Crippen LogP contribution in [0, 0.1) is 5.82 Å². The Morgan fingerprint density at radius 3 is 2.24 bits per heavy atom. The molecule has 94 valence electrons. The van der Waals surface area contributed by atoms with E-state index in [2.05, 4.69) is 4.98 Å². The summed E-state index contributed by atoms with van der Waals surface area (Å²) >= 11 is 0. The molecule has 1 heterocycles. The van der Waals surface area contributed by atoms with E-state index in [-0.39, 0.29) is 6.07 Å². The van der Waals surface area contributed by atoms with Gasteiger partial charge in [0.2, 0.25) is 0 Å². The number of hydrogen-bond acceptors (Lipinski definition) is 2. The van der Waals surface area contributed by atoms with Crippen LogP contribution < -0.4 is 0 Å². The number of halogens is 6. The molecule has 1 rings (SSSR count). The Balaban J connectivity index is 3.57. The minimum absolute atomic E-state index is 0.0383. The number of alkyl halides is 5. The lowest BCUT2D eigenvalue weighted by molar-refractivity contribution is -0.142. The highest BCUT2D eigenvalue weighted by atomic mass is 19.4. The maximum Gasteiger partial charge on any atom is 0.434 e. The number of aromatic nitrogens is 1. The Morgan fingerprint density at radius 1 is 1.35 bits per heavy atom. The van der Waals surface area contributed by atoms with Crippen molar-refractivity contribution >= 4 is 5.97 Å². The average molecular weight is 259 g/mol. The van der Waals surface area contributed by atoms with Gasteiger partial charge < -0.3 is 5.11 Å². The SMILES string of the molecule is O=C(O)c1c(F)cc(C(F)F)nc1C(F)(F)F. The lowest BCUT2D eigenvalue weighted by atomic mass is 10.1. The van der Waals surface area contributed by atoms with E-state index < -0.39 is 41.3 Å². The zero-order chi connectivity index (χ0) is 13.4. The molecule has 0 aliphatic heterocycles. The topological polar surface area (TPSA) is 50.2 Å². The van der Waals surface area contributed by atoms with E-state index in [0.717, 1.165) is 0 Å². The first-order valence-electron chi connectivity index (χ1n) is 3.93. The molecule has 1 aromatic heterocycles. The van der Waals surface area contributed by atoms with Gasteiger partial charge in [0.05, 0.1) is 0 Å². The fraction of sp³-hybridized carbons (Fsp3) is 0.250. The van der Waals surface area contributed by atoms with Gasteiger partial charge >= 0.3 is 12.1 Å². The normalized spacial score (nSPS) is 11.9. The van der Waals surface area contributed by atoms with E-state index in [1.54, 1.807) is 0 Å². The van der Waals surface area contributed by atoms with Gasteiger partial charge in [0.25, 0.3) is 6.43 Å². The minimum atomic E-state index is -5.33. The first kappa shape index (κ1) is 13.3. The molecule has 0 saturated heterocycles. The Hall–Kier alpha value is -1.80. The molecule has 3 nitrogen and oxygen atoms in total. The Labute approximate surface area is 89.7 Å². The molecule has 0 radical (unpaired) electrons. The van der Waals surface area contributed by atoms with Gasteiger partial charge in [-0.15, -0.1) is 0 Å². The van der Waals surface area contributed by atoms with Crippen LogP contribution in [0.15, 0.2) is 6.07 Å². The van der Waals surface area contributed by atoms with E-state index in [9.17, 15) is 31.1 Å². The second-order valence-electron chi connectivity index (χ2n) is 2.86. The summed E-state index contributed by atoms with van der Waals surface area (Å²) in [6.07, 6.45) is -8.77. The van der Waals surface area contributed by atoms with E-state index in [1.165, 1.54) is 0 Å². The van der Waals surface area contributed by atoms with Crippen LogP contribution in [0.4, 0.5) is 26.3 Å². The number of carbonyl (C=O) groups is 1. The first-order chi connectivity index (χ1) is 7.64. The minimum Gasteiger partial charge on any atom is -0.478 e. The standard InChI is InChI=1S/C8H3F6NO2/c9-2-1-3(6(10)11)15-5(8(12,13)14)4(2)7(16)17/h1,6H,(H,16,17). The largest absolute Gasteiger partial charge is 0.478 e. The summed E-state index contributed by atoms with van der Waals surface area (Å²) in [5.41, 5.74) is -5.43. The summed E-state index contributed by atoms with van der Waals surface area (Å²) in [6, 6.07) is -0.0383. The molecule has 0 spiro atoms. The van der Waals surface area contributed by atoms with E-state index in [4.69, 9.17) is 5.11 Å². The molecule has 0 amide bonds. The maximum atomic E-state index is 13.0. The van der Waals surface area contributed by atoms with Crippen LogP contribution in [-0.4, -0.2) is 16.1 Å². The van der Waals surface area contributed by atoms with Crippen molar-refractivity contribution in [3.8, 4) is 0 Å². The number of carboxylic acid groups (broad SMARTS) is 1. The summed E-state index contributed by atoms with van der Waals surface area (Å²) in [5, 5.41) is 8.37. The molecule has 0 fully saturated rings. The Morgan fingerprint density at radius 2 is 1.88 bits per heavy atom. The van der Waals surface area contributed by atoms with E-state index in [0.29, 0.717) is 0 Å². The third kappa shape index (κ3) is 2.66. The number of hydrogen-bond donors (Lipinski definition) is 1. The average Bonchev–Trinajstić information content (AvgIpc) is 2.14. The molecule has 0 aliphatic carbocycles. The quantitative estimate of drug-likeness (QED) is 0.831. The Bertz CT molecular complexity index is 456. The lowest BCUT2D eigenvalue weighted by Gasteiger charge is -2.11. The molecular weight excluding hydrogens is 256 g/mol. The Kier molecular flexibility index (Phi) is 3.30.